The van der Waals surface area contributed by atoms with E-state index in [1.54, 1.807) is 55.0 Å². The Balaban J connectivity index is 0.00000121. The zero-order chi connectivity index (χ0) is 59.2. The highest BCUT2D eigenvalue weighted by molar-refractivity contribution is 6.00. The first-order chi connectivity index (χ1) is 39.9. The van der Waals surface area contributed by atoms with Gasteiger partial charge in [0, 0.05) is 93.9 Å². The van der Waals surface area contributed by atoms with Crippen molar-refractivity contribution in [1.82, 2.24) is 30.9 Å². The Kier molecular flexibility index (Phi) is 19.1. The molecule has 0 unspecified atom stereocenters. The number of amides is 6. The molecule has 3 heterocycles. The van der Waals surface area contributed by atoms with Gasteiger partial charge in [0.15, 0.2) is 0 Å². The number of aromatic amines is 3. The number of carboxylic acid groups (broad SMARTS) is 1. The van der Waals surface area contributed by atoms with Crippen molar-refractivity contribution in [2.75, 3.05) is 35.6 Å². The number of alkyl halides is 3. The van der Waals surface area contributed by atoms with Crippen LogP contribution in [-0.2, 0) is 52.8 Å². The fraction of sp³-hybridized carbons (Fsp3) is 0.183. The highest BCUT2D eigenvalue weighted by Crippen LogP contribution is 2.34. The van der Waals surface area contributed by atoms with Gasteiger partial charge in [0.25, 0.3) is 0 Å². The van der Waals surface area contributed by atoms with Gasteiger partial charge in [-0.1, -0.05) is 91.0 Å². The highest BCUT2D eigenvalue weighted by atomic mass is 19.4. The number of halogens is 3. The summed E-state index contributed by atoms with van der Waals surface area (Å²) in [6.07, 6.45) is 0.429. The molecule has 0 aliphatic carbocycles. The molecular weight excluding hydrogens is 1070 g/mol. The number of nitrogens with two attached hydrogens (primary N) is 3. The molecule has 428 valence electrons. The molecule has 9 rings (SSSR count). The summed E-state index contributed by atoms with van der Waals surface area (Å²) in [5, 5.41) is 26.8. The van der Waals surface area contributed by atoms with E-state index in [2.05, 4.69) is 46.9 Å². The number of hydrogen-bond donors (Lipinski definition) is 13. The Morgan fingerprint density at radius 3 is 0.916 bits per heavy atom. The molecule has 3 aromatic heterocycles. The minimum Gasteiger partial charge on any atom is -0.475 e. The Morgan fingerprint density at radius 2 is 0.675 bits per heavy atom. The minimum absolute atomic E-state index is 0.0592. The molecule has 9 aromatic rings. The summed E-state index contributed by atoms with van der Waals surface area (Å²) in [5.41, 5.74) is 27.0. The van der Waals surface area contributed by atoms with Crippen LogP contribution < -0.4 is 49.1 Å². The van der Waals surface area contributed by atoms with Gasteiger partial charge < -0.3 is 69.2 Å². The van der Waals surface area contributed by atoms with Gasteiger partial charge in [-0.15, -0.1) is 0 Å². The number of anilines is 3. The quantitative estimate of drug-likeness (QED) is 0.0380. The molecule has 83 heavy (non-hydrogen) atoms. The maximum Gasteiger partial charge on any atom is 0.490 e. The number of H-pyrrole nitrogens is 3. The fourth-order valence-corrected chi connectivity index (χ4v) is 9.33. The van der Waals surface area contributed by atoms with Crippen LogP contribution in [0.4, 0.5) is 30.2 Å². The van der Waals surface area contributed by atoms with Crippen molar-refractivity contribution >= 4 is 91.2 Å². The van der Waals surface area contributed by atoms with E-state index >= 15 is 0 Å². The zero-order valence-electron chi connectivity index (χ0n) is 44.3. The second-order valence-electron chi connectivity index (χ2n) is 19.2. The highest BCUT2D eigenvalue weighted by Gasteiger charge is 2.38. The van der Waals surface area contributed by atoms with Gasteiger partial charge in [0.1, 0.15) is 18.1 Å². The molecule has 6 aromatic carbocycles. The van der Waals surface area contributed by atoms with Crippen molar-refractivity contribution in [3.05, 3.63) is 198 Å². The predicted molar refractivity (Wildman–Crippen MR) is 309 cm³/mol. The summed E-state index contributed by atoms with van der Waals surface area (Å²) in [6.45, 7) is -0.378. The lowest BCUT2D eigenvalue weighted by molar-refractivity contribution is -0.192. The summed E-state index contributed by atoms with van der Waals surface area (Å²) in [7, 11) is 0. The van der Waals surface area contributed by atoms with Gasteiger partial charge in [-0.25, -0.2) is 4.79 Å². The van der Waals surface area contributed by atoms with Crippen LogP contribution in [0.3, 0.4) is 0 Å². The summed E-state index contributed by atoms with van der Waals surface area (Å²) in [5.74, 6) is -5.65. The van der Waals surface area contributed by atoms with E-state index in [1.807, 2.05) is 109 Å². The van der Waals surface area contributed by atoms with Crippen molar-refractivity contribution in [3.8, 4) is 0 Å². The molecule has 0 bridgehead atoms. The molecule has 0 saturated heterocycles. The van der Waals surface area contributed by atoms with E-state index < -0.39 is 53.9 Å². The molecule has 0 saturated carbocycles. The second-order valence-corrected chi connectivity index (χ2v) is 19.2. The van der Waals surface area contributed by atoms with Crippen LogP contribution >= 0.6 is 0 Å². The van der Waals surface area contributed by atoms with Crippen LogP contribution in [0.25, 0.3) is 32.7 Å². The van der Waals surface area contributed by atoms with Crippen molar-refractivity contribution in [2.24, 2.45) is 17.2 Å². The molecule has 16 N–H and O–H groups in total. The van der Waals surface area contributed by atoms with Crippen molar-refractivity contribution in [1.29, 1.82) is 0 Å². The third-order valence-electron chi connectivity index (χ3n) is 13.5. The minimum atomic E-state index is -5.08. The molecule has 0 fully saturated rings. The number of para-hydroxylation sites is 3. The largest absolute Gasteiger partial charge is 0.490 e. The second kappa shape index (κ2) is 26.9. The number of nitrogens with one attached hydrogen (secondary N) is 9. The average molecular weight is 1130 g/mol. The Labute approximate surface area is 472 Å². The number of carbonyl (C=O) groups excluding carboxylic acids is 6. The smallest absolute Gasteiger partial charge is 0.475 e. The molecule has 0 spiro atoms. The Hall–Kier alpha value is -10.1. The standard InChI is InChI=1S/C58H58N12O6.C2HF3O2/c59-28-49(68-52(71)25-37-31-62-46-10-4-1-7-43(37)46)56(74)65-40-19-13-34(14-20-40)55(35-15-21-41(22-16-35)66-57(75)50(29-60)69-53(72)26-38-32-63-47-11-5-2-8-44(38)47)36-17-23-42(24-18-36)67-58(76)51(30-61)70-54(73)27-39-33-64-48-12-6-3-9-45(39)48;3-2(4,5)1(6)7/h1-24,31-33,49-51,55,62-64H,25-30,59-61H2,(H,65,74)(H,66,75)(H,67,76)(H,68,71)(H,69,72)(H,70,73);(H,6,7)/t49-,50-,51-;/m0./s1. The first kappa shape index (κ1) is 59.0. The monoisotopic (exact) mass is 1130 g/mol. The number of rotatable bonds is 21. The number of carboxylic acids is 1. The average Bonchev–Trinajstić information content (AvgIpc) is 4.37. The van der Waals surface area contributed by atoms with Crippen molar-refractivity contribution in [3.63, 3.8) is 0 Å². The molecule has 0 radical (unpaired) electrons. The van der Waals surface area contributed by atoms with Crippen LogP contribution in [0.1, 0.15) is 39.3 Å². The van der Waals surface area contributed by atoms with E-state index in [9.17, 15) is 41.9 Å². The lowest BCUT2D eigenvalue weighted by Gasteiger charge is -2.22. The molecule has 0 aliphatic rings. The van der Waals surface area contributed by atoms with Gasteiger partial charge >= 0.3 is 12.1 Å². The van der Waals surface area contributed by atoms with E-state index in [-0.39, 0.29) is 56.6 Å². The fourth-order valence-electron chi connectivity index (χ4n) is 9.33. The van der Waals surface area contributed by atoms with Crippen LogP contribution in [-0.4, -0.2) is 105 Å². The topological polar surface area (TPSA) is 337 Å². The normalized spacial score (nSPS) is 12.4. The van der Waals surface area contributed by atoms with Gasteiger partial charge in [-0.05, 0) is 88.0 Å². The Bertz CT molecular complexity index is 3400. The molecular formula is C60H59F3N12O8. The van der Waals surface area contributed by atoms with Gasteiger partial charge in [-0.2, -0.15) is 13.2 Å². The molecule has 0 aliphatic heterocycles. The number of benzene rings is 6. The Morgan fingerprint density at radius 1 is 0.422 bits per heavy atom. The maximum absolute atomic E-state index is 13.5. The van der Waals surface area contributed by atoms with Gasteiger partial charge in [0.2, 0.25) is 35.4 Å². The first-order valence-corrected chi connectivity index (χ1v) is 26.1. The molecule has 3 atom stereocenters. The van der Waals surface area contributed by atoms with E-state index in [0.717, 1.165) is 66.1 Å². The predicted octanol–water partition coefficient (Wildman–Crippen LogP) is 5.82. The van der Waals surface area contributed by atoms with E-state index in [4.69, 9.17) is 27.1 Å². The van der Waals surface area contributed by atoms with Crippen LogP contribution in [0, 0.1) is 0 Å². The number of carbonyl (C=O) groups is 7. The number of fused-ring (bicyclic) bond motifs is 3. The van der Waals surface area contributed by atoms with Crippen LogP contribution in [0.5, 0.6) is 0 Å². The van der Waals surface area contributed by atoms with E-state index in [1.165, 1.54) is 0 Å². The van der Waals surface area contributed by atoms with Crippen molar-refractivity contribution in [2.45, 2.75) is 49.5 Å². The lowest BCUT2D eigenvalue weighted by Crippen LogP contribution is -2.48. The van der Waals surface area contributed by atoms with Crippen LogP contribution in [0.15, 0.2) is 164 Å². The SMILES string of the molecule is NC[C@H](NC(=O)Cc1c[nH]c2ccccc12)C(=O)Nc1ccc(C(c2ccc(NC(=O)[C@H](CN)NC(=O)Cc3c[nH]c4ccccc34)cc2)c2ccc(NC(=O)[C@H](CN)NC(=O)Cc3c[nH]c4ccccc34)cc2)cc1.O=C(O)C(F)(F)F. The first-order valence-electron chi connectivity index (χ1n) is 26.1. The van der Waals surface area contributed by atoms with E-state index in [0.29, 0.717) is 17.1 Å². The zero-order valence-corrected chi connectivity index (χ0v) is 44.3. The van der Waals surface area contributed by atoms with Crippen molar-refractivity contribution < 1.29 is 51.8 Å². The number of aliphatic carboxylic acids is 1. The number of hydrogen-bond acceptors (Lipinski definition) is 10. The summed E-state index contributed by atoms with van der Waals surface area (Å²) < 4.78 is 31.7. The summed E-state index contributed by atoms with van der Waals surface area (Å²) in [4.78, 5) is 98.1. The molecule has 20 nitrogen and oxygen atoms in total. The summed E-state index contributed by atoms with van der Waals surface area (Å²) in [6, 6.07) is 41.7. The molecule has 23 heteroatoms. The third-order valence-corrected chi connectivity index (χ3v) is 13.5. The van der Waals surface area contributed by atoms with Crippen LogP contribution in [0.2, 0.25) is 0 Å². The lowest BCUT2D eigenvalue weighted by atomic mass is 9.85. The third kappa shape index (κ3) is 15.2. The number of aromatic nitrogens is 3. The van der Waals surface area contributed by atoms with Gasteiger partial charge in [-0.3, -0.25) is 28.8 Å². The van der Waals surface area contributed by atoms with Gasteiger partial charge in [0.05, 0.1) is 19.3 Å². The molecule has 6 amide bonds. The maximum atomic E-state index is 13.5. The summed E-state index contributed by atoms with van der Waals surface area (Å²) >= 11 is 0.